The van der Waals surface area contributed by atoms with Crippen LogP contribution in [0, 0.1) is 0 Å². The van der Waals surface area contributed by atoms with Crippen LogP contribution in [0.4, 0.5) is 0 Å². The van der Waals surface area contributed by atoms with Crippen LogP contribution in [0.2, 0.25) is 0 Å². The Morgan fingerprint density at radius 1 is 1.18 bits per heavy atom. The fourth-order valence-electron chi connectivity index (χ4n) is 1.74. The van der Waals surface area contributed by atoms with Gasteiger partial charge in [0.1, 0.15) is 6.04 Å². The van der Waals surface area contributed by atoms with Crippen molar-refractivity contribution in [3.05, 3.63) is 35.9 Å². The Labute approximate surface area is 102 Å². The van der Waals surface area contributed by atoms with E-state index in [2.05, 4.69) is 0 Å². The highest BCUT2D eigenvalue weighted by molar-refractivity contribution is 5.72. The van der Waals surface area contributed by atoms with Gasteiger partial charge in [0, 0.05) is 6.04 Å². The van der Waals surface area contributed by atoms with Crippen LogP contribution in [0.1, 0.15) is 24.8 Å². The highest BCUT2D eigenvalue weighted by Crippen LogP contribution is 2.08. The molecule has 1 rings (SSSR count). The average Bonchev–Trinajstić information content (AvgIpc) is 2.30. The second kappa shape index (κ2) is 7.04. The topological polar surface area (TPSA) is 89.3 Å². The molecule has 0 fully saturated rings. The smallest absolute Gasteiger partial charge is 0.320 e. The SMILES string of the molecule is NC(CCCC(N)C(=O)O)Cc1ccccc1. The minimum absolute atomic E-state index is 0.0680. The van der Waals surface area contributed by atoms with E-state index in [9.17, 15) is 4.79 Å². The zero-order chi connectivity index (χ0) is 12.7. The van der Waals surface area contributed by atoms with Gasteiger partial charge in [0.15, 0.2) is 0 Å². The van der Waals surface area contributed by atoms with Gasteiger partial charge in [0.2, 0.25) is 0 Å². The third kappa shape index (κ3) is 5.47. The molecule has 1 aromatic rings. The molecule has 0 spiro atoms. The van der Waals surface area contributed by atoms with Crippen LogP contribution in [-0.4, -0.2) is 23.2 Å². The summed E-state index contributed by atoms with van der Waals surface area (Å²) >= 11 is 0. The van der Waals surface area contributed by atoms with Gasteiger partial charge in [-0.2, -0.15) is 0 Å². The van der Waals surface area contributed by atoms with Crippen molar-refractivity contribution in [2.75, 3.05) is 0 Å². The molecule has 5 N–H and O–H groups in total. The second-order valence-electron chi connectivity index (χ2n) is 4.33. The monoisotopic (exact) mass is 236 g/mol. The Balaban J connectivity index is 2.22. The molecule has 0 aliphatic heterocycles. The van der Waals surface area contributed by atoms with Crippen LogP contribution < -0.4 is 11.5 Å². The Bertz CT molecular complexity index is 341. The number of benzene rings is 1. The van der Waals surface area contributed by atoms with Crippen molar-refractivity contribution in [2.45, 2.75) is 37.8 Å². The number of hydrogen-bond acceptors (Lipinski definition) is 3. The minimum Gasteiger partial charge on any atom is -0.480 e. The molecule has 94 valence electrons. The number of rotatable bonds is 7. The summed E-state index contributed by atoms with van der Waals surface area (Å²) in [6, 6.07) is 9.34. The largest absolute Gasteiger partial charge is 0.480 e. The first-order valence-corrected chi connectivity index (χ1v) is 5.87. The van der Waals surface area contributed by atoms with E-state index in [4.69, 9.17) is 16.6 Å². The van der Waals surface area contributed by atoms with Crippen molar-refractivity contribution < 1.29 is 9.90 Å². The fourth-order valence-corrected chi connectivity index (χ4v) is 1.74. The number of hydrogen-bond donors (Lipinski definition) is 3. The molecule has 0 radical (unpaired) electrons. The number of nitrogens with two attached hydrogens (primary N) is 2. The van der Waals surface area contributed by atoms with E-state index >= 15 is 0 Å². The zero-order valence-electron chi connectivity index (χ0n) is 9.88. The second-order valence-corrected chi connectivity index (χ2v) is 4.33. The lowest BCUT2D eigenvalue weighted by atomic mass is 10.0. The molecule has 2 atom stereocenters. The molecule has 0 saturated heterocycles. The van der Waals surface area contributed by atoms with Gasteiger partial charge < -0.3 is 16.6 Å². The average molecular weight is 236 g/mol. The quantitative estimate of drug-likeness (QED) is 0.662. The minimum atomic E-state index is -0.943. The molecule has 0 amide bonds. The van der Waals surface area contributed by atoms with Gasteiger partial charge >= 0.3 is 5.97 Å². The van der Waals surface area contributed by atoms with Crippen molar-refractivity contribution in [1.29, 1.82) is 0 Å². The van der Waals surface area contributed by atoms with Gasteiger partial charge in [-0.05, 0) is 31.2 Å². The van der Waals surface area contributed by atoms with E-state index in [1.54, 1.807) is 0 Å². The van der Waals surface area contributed by atoms with Crippen molar-refractivity contribution in [3.63, 3.8) is 0 Å². The van der Waals surface area contributed by atoms with Crippen LogP contribution >= 0.6 is 0 Å². The van der Waals surface area contributed by atoms with Crippen molar-refractivity contribution in [1.82, 2.24) is 0 Å². The standard InChI is InChI=1S/C13H20N2O2/c14-11(7-4-8-12(15)13(16)17)9-10-5-2-1-3-6-10/h1-3,5-6,11-12H,4,7-9,14-15H2,(H,16,17). The third-order valence-electron chi connectivity index (χ3n) is 2.75. The summed E-state index contributed by atoms with van der Waals surface area (Å²) in [7, 11) is 0. The normalized spacial score (nSPS) is 14.2. The van der Waals surface area contributed by atoms with Gasteiger partial charge in [-0.1, -0.05) is 30.3 Å². The Kier molecular flexibility index (Phi) is 5.66. The zero-order valence-corrected chi connectivity index (χ0v) is 9.88. The lowest BCUT2D eigenvalue weighted by Crippen LogP contribution is -2.31. The van der Waals surface area contributed by atoms with Gasteiger partial charge in [0.25, 0.3) is 0 Å². The van der Waals surface area contributed by atoms with Gasteiger partial charge in [-0.15, -0.1) is 0 Å². The van der Waals surface area contributed by atoms with Gasteiger partial charge in [0.05, 0.1) is 0 Å². The molecule has 1 aromatic carbocycles. The molecule has 4 heteroatoms. The molecule has 0 heterocycles. The van der Waals surface area contributed by atoms with Crippen LogP contribution in [0.15, 0.2) is 30.3 Å². The molecule has 0 saturated carbocycles. The number of aliphatic carboxylic acids is 1. The molecule has 17 heavy (non-hydrogen) atoms. The Morgan fingerprint density at radius 2 is 1.82 bits per heavy atom. The number of carboxylic acids is 1. The van der Waals surface area contributed by atoms with E-state index in [-0.39, 0.29) is 6.04 Å². The molecule has 0 aliphatic rings. The molecule has 2 unspecified atom stereocenters. The Hall–Kier alpha value is -1.39. The lowest BCUT2D eigenvalue weighted by Gasteiger charge is -2.12. The highest BCUT2D eigenvalue weighted by Gasteiger charge is 2.11. The summed E-state index contributed by atoms with van der Waals surface area (Å²) in [5.41, 5.74) is 12.6. The summed E-state index contributed by atoms with van der Waals surface area (Å²) in [6.07, 6.45) is 2.86. The summed E-state index contributed by atoms with van der Waals surface area (Å²) < 4.78 is 0. The van der Waals surface area contributed by atoms with Crippen LogP contribution in [-0.2, 0) is 11.2 Å². The number of carbonyl (C=O) groups is 1. The molecule has 0 aromatic heterocycles. The maximum Gasteiger partial charge on any atom is 0.320 e. The summed E-state index contributed by atoms with van der Waals surface area (Å²) in [6.45, 7) is 0. The van der Waals surface area contributed by atoms with E-state index < -0.39 is 12.0 Å². The Morgan fingerprint density at radius 3 is 2.41 bits per heavy atom. The highest BCUT2D eigenvalue weighted by atomic mass is 16.4. The summed E-state index contributed by atoms with van der Waals surface area (Å²) in [5.74, 6) is -0.943. The predicted molar refractivity (Wildman–Crippen MR) is 67.6 cm³/mol. The van der Waals surface area contributed by atoms with E-state index in [0.29, 0.717) is 6.42 Å². The van der Waals surface area contributed by atoms with Crippen molar-refractivity contribution in [2.24, 2.45) is 11.5 Å². The van der Waals surface area contributed by atoms with E-state index in [1.165, 1.54) is 5.56 Å². The van der Waals surface area contributed by atoms with Crippen LogP contribution in [0.5, 0.6) is 0 Å². The summed E-state index contributed by atoms with van der Waals surface area (Å²) in [5, 5.41) is 8.63. The lowest BCUT2D eigenvalue weighted by molar-refractivity contribution is -0.138. The molecule has 0 bridgehead atoms. The predicted octanol–water partition coefficient (Wildman–Crippen LogP) is 1.14. The molecular formula is C13H20N2O2. The van der Waals surface area contributed by atoms with E-state index in [0.717, 1.165) is 19.3 Å². The van der Waals surface area contributed by atoms with Crippen LogP contribution in [0.3, 0.4) is 0 Å². The first kappa shape index (κ1) is 13.7. The maximum atomic E-state index is 10.5. The maximum absolute atomic E-state index is 10.5. The van der Waals surface area contributed by atoms with Gasteiger partial charge in [-0.25, -0.2) is 0 Å². The first-order chi connectivity index (χ1) is 8.09. The van der Waals surface area contributed by atoms with Crippen molar-refractivity contribution >= 4 is 5.97 Å². The molecule has 0 aliphatic carbocycles. The number of carboxylic acid groups (broad SMARTS) is 1. The van der Waals surface area contributed by atoms with E-state index in [1.807, 2.05) is 30.3 Å². The van der Waals surface area contributed by atoms with Crippen LogP contribution in [0.25, 0.3) is 0 Å². The molecule has 4 nitrogen and oxygen atoms in total. The van der Waals surface area contributed by atoms with Crippen molar-refractivity contribution in [3.8, 4) is 0 Å². The van der Waals surface area contributed by atoms with Gasteiger partial charge in [-0.3, -0.25) is 4.79 Å². The third-order valence-corrected chi connectivity index (χ3v) is 2.75. The summed E-state index contributed by atoms with van der Waals surface area (Å²) in [4.78, 5) is 10.5. The molecular weight excluding hydrogens is 216 g/mol. The fraction of sp³-hybridized carbons (Fsp3) is 0.462. The first-order valence-electron chi connectivity index (χ1n) is 5.87.